The van der Waals surface area contributed by atoms with Gasteiger partial charge in [-0.1, -0.05) is 20.3 Å². The molecule has 0 bridgehead atoms. The van der Waals surface area contributed by atoms with Crippen LogP contribution in [0.1, 0.15) is 50.5 Å². The molecule has 0 radical (unpaired) electrons. The first-order valence-electron chi connectivity index (χ1n) is 10.5. The summed E-state index contributed by atoms with van der Waals surface area (Å²) in [4.78, 5) is 3.32. The Morgan fingerprint density at radius 1 is 1.50 bits per heavy atom. The van der Waals surface area contributed by atoms with Gasteiger partial charge in [-0.15, -0.1) is 0 Å². The zero-order valence-corrected chi connectivity index (χ0v) is 15.4. The van der Waals surface area contributed by atoms with Crippen LogP contribution in [-0.4, -0.2) is 50.7 Å². The van der Waals surface area contributed by atoms with Crippen LogP contribution < -0.4 is 5.09 Å². The van der Waals surface area contributed by atoms with Crippen LogP contribution in [0.15, 0.2) is 0 Å². The predicted molar refractivity (Wildman–Crippen MR) is 94.6 cm³/mol. The Labute approximate surface area is 151 Å². The monoisotopic (exact) mass is 363 g/mol. The second-order valence-corrected chi connectivity index (χ2v) is 7.44. The van der Waals surface area contributed by atoms with Gasteiger partial charge in [-0.05, 0) is 32.1 Å². The molecular formula is C17H31N2O4P. The molecule has 1 N–H and O–H groups in total. The average Bonchev–Trinajstić information content (AvgIpc) is 3.15. The third kappa shape index (κ3) is 5.91. The van der Waals surface area contributed by atoms with Gasteiger partial charge in [-0.2, -0.15) is 0 Å². The molecule has 2 rings (SSSR count). The summed E-state index contributed by atoms with van der Waals surface area (Å²) in [5.74, 6) is 0.269. The summed E-state index contributed by atoms with van der Waals surface area (Å²) in [5.41, 5.74) is 0. The van der Waals surface area contributed by atoms with Crippen LogP contribution in [0.4, 0.5) is 0 Å². The quantitative estimate of drug-likeness (QED) is 0.366. The van der Waals surface area contributed by atoms with Crippen molar-refractivity contribution in [2.75, 3.05) is 26.3 Å². The van der Waals surface area contributed by atoms with Gasteiger partial charge in [0.2, 0.25) is 6.54 Å². The number of rotatable bonds is 10. The van der Waals surface area contributed by atoms with Crippen molar-refractivity contribution >= 4 is 8.53 Å². The maximum Gasteiger partial charge on any atom is 0.256 e. The molecule has 0 aliphatic carbocycles. The van der Waals surface area contributed by atoms with Crippen LogP contribution in [-0.2, 0) is 18.5 Å². The lowest BCUT2D eigenvalue weighted by molar-refractivity contribution is 0.0518. The summed E-state index contributed by atoms with van der Waals surface area (Å²) in [5, 5.41) is 3.42. The molecular weight excluding hydrogens is 327 g/mol. The van der Waals surface area contributed by atoms with Gasteiger partial charge in [-0.3, -0.25) is 0 Å². The van der Waals surface area contributed by atoms with Gasteiger partial charge < -0.3 is 23.4 Å². The highest BCUT2D eigenvalue weighted by Crippen LogP contribution is 2.41. The van der Waals surface area contributed by atoms with Gasteiger partial charge >= 0.3 is 0 Å². The van der Waals surface area contributed by atoms with Crippen molar-refractivity contribution in [1.29, 1.82) is 0 Å². The summed E-state index contributed by atoms with van der Waals surface area (Å²) in [7, 11) is -1.52. The van der Waals surface area contributed by atoms with E-state index >= 15 is 0 Å². The standard InChI is InChI=1S/C17H31N2O4P/c1-5-6-15(17-13(2)7-10-21-17)19-24(22-12-9-18-4)23-16-8-11-20-14(16)3/h13-17,19H,5-12H2,1-3H3/t13-,14+,15+,16-,17-,24?/m0/s1/i3D,10T,11T/t10-,11-,13+,14-,15-,16+,17+,24?/m1. The first-order chi connectivity index (χ1) is 13.0. The van der Waals surface area contributed by atoms with Gasteiger partial charge in [0.1, 0.15) is 6.61 Å². The van der Waals surface area contributed by atoms with Crippen molar-refractivity contribution in [2.24, 2.45) is 5.92 Å². The molecule has 2 aliphatic rings. The lowest BCUT2D eigenvalue weighted by atomic mass is 9.95. The Bertz CT molecular complexity index is 488. The number of hydrogen-bond donors (Lipinski definition) is 1. The van der Waals surface area contributed by atoms with Crippen molar-refractivity contribution in [1.82, 2.24) is 5.09 Å². The van der Waals surface area contributed by atoms with E-state index in [0.29, 0.717) is 12.8 Å². The van der Waals surface area contributed by atoms with Crippen LogP contribution in [0.25, 0.3) is 4.85 Å². The number of nitrogens with one attached hydrogen (secondary N) is 1. The fourth-order valence-electron chi connectivity index (χ4n) is 2.84. The summed E-state index contributed by atoms with van der Waals surface area (Å²) in [6.45, 7) is 10.5. The van der Waals surface area contributed by atoms with Gasteiger partial charge in [0, 0.05) is 20.6 Å². The van der Waals surface area contributed by atoms with Crippen molar-refractivity contribution in [3.63, 3.8) is 0 Å². The number of hydrogen-bond acceptors (Lipinski definition) is 5. The molecule has 0 aromatic rings. The second kappa shape index (κ2) is 10.7. The summed E-state index contributed by atoms with van der Waals surface area (Å²) >= 11 is 0. The zero-order chi connectivity index (χ0) is 19.8. The van der Waals surface area contributed by atoms with E-state index in [2.05, 4.69) is 23.8 Å². The molecule has 0 saturated carbocycles. The Balaban J connectivity index is 2.03. The van der Waals surface area contributed by atoms with Crippen LogP contribution >= 0.6 is 8.53 Å². The Kier molecular flexibility index (Phi) is 7.07. The Morgan fingerprint density at radius 3 is 3.00 bits per heavy atom. The smallest absolute Gasteiger partial charge is 0.256 e. The molecule has 2 heterocycles. The highest BCUT2D eigenvalue weighted by Gasteiger charge is 2.35. The molecule has 6 nitrogen and oxygen atoms in total. The first-order valence-corrected chi connectivity index (χ1v) is 9.80. The van der Waals surface area contributed by atoms with E-state index in [9.17, 15) is 0 Å². The van der Waals surface area contributed by atoms with Gasteiger partial charge in [-0.25, -0.2) is 11.7 Å². The lowest BCUT2D eigenvalue weighted by Gasteiger charge is -2.31. The third-order valence-corrected chi connectivity index (χ3v) is 5.63. The Hall–Kier alpha value is -0.280. The minimum absolute atomic E-state index is 0.0111. The van der Waals surface area contributed by atoms with E-state index in [1.807, 2.05) is 0 Å². The van der Waals surface area contributed by atoms with Crippen LogP contribution in [0.3, 0.4) is 0 Å². The fourth-order valence-corrected chi connectivity index (χ4v) is 4.30. The highest BCUT2D eigenvalue weighted by molar-refractivity contribution is 7.45. The molecule has 1 unspecified atom stereocenters. The molecule has 2 saturated heterocycles. The molecule has 24 heavy (non-hydrogen) atoms. The normalized spacial score (nSPS) is 40.5. The maximum atomic E-state index is 7.89. The molecule has 8 atom stereocenters. The Morgan fingerprint density at radius 2 is 2.33 bits per heavy atom. The van der Waals surface area contributed by atoms with Gasteiger partial charge in [0.25, 0.3) is 8.53 Å². The lowest BCUT2D eigenvalue weighted by Crippen LogP contribution is -2.41. The van der Waals surface area contributed by atoms with E-state index in [4.69, 9.17) is 29.2 Å². The zero-order valence-electron chi connectivity index (χ0n) is 17.5. The topological polar surface area (TPSA) is 53.3 Å². The second-order valence-electron chi connectivity index (χ2n) is 6.20. The molecule has 0 aromatic heterocycles. The maximum absolute atomic E-state index is 7.89. The summed E-state index contributed by atoms with van der Waals surface area (Å²) in [6.07, 6.45) is 2.04. The highest BCUT2D eigenvalue weighted by atomic mass is 31.2. The van der Waals surface area contributed by atoms with Crippen molar-refractivity contribution < 1.29 is 22.6 Å². The van der Waals surface area contributed by atoms with Crippen LogP contribution in [0, 0.1) is 12.5 Å². The van der Waals surface area contributed by atoms with E-state index in [0.717, 1.165) is 12.8 Å². The van der Waals surface area contributed by atoms with E-state index in [-0.39, 0.29) is 44.2 Å². The van der Waals surface area contributed by atoms with Crippen LogP contribution in [0.2, 0.25) is 0 Å². The van der Waals surface area contributed by atoms with Crippen molar-refractivity contribution in [2.45, 2.75) is 70.8 Å². The van der Waals surface area contributed by atoms with E-state index < -0.39 is 27.8 Å². The van der Waals surface area contributed by atoms with E-state index in [1.54, 1.807) is 0 Å². The van der Waals surface area contributed by atoms with Crippen molar-refractivity contribution in [3.05, 3.63) is 11.4 Å². The molecule has 2 aliphatic heterocycles. The number of ether oxygens (including phenoxy) is 2. The largest absolute Gasteiger partial charge is 0.376 e. The van der Waals surface area contributed by atoms with Crippen LogP contribution in [0.5, 0.6) is 0 Å². The fraction of sp³-hybridized carbons (Fsp3) is 0.941. The SMILES string of the molecule is [2H]C[C@H]1O[C@H]([3H])C[C@@H]1OP(N[C@H](CCC)[C@H]1O[C@H]([3H])C[C@@H]1C)OCC[N+]#[C-]. The average molecular weight is 363 g/mol. The minimum Gasteiger partial charge on any atom is -0.376 e. The third-order valence-electron chi connectivity index (χ3n) is 4.21. The summed E-state index contributed by atoms with van der Waals surface area (Å²) in [6, 6.07) is -0.0111. The van der Waals surface area contributed by atoms with Gasteiger partial charge in [0.15, 0.2) is 0 Å². The summed E-state index contributed by atoms with van der Waals surface area (Å²) < 4.78 is 46.4. The molecule has 0 spiro atoms. The minimum atomic E-state index is -1.52. The molecule has 0 amide bonds. The predicted octanol–water partition coefficient (Wildman–Crippen LogP) is 3.53. The molecule has 7 heteroatoms. The van der Waals surface area contributed by atoms with Crippen molar-refractivity contribution in [3.8, 4) is 0 Å². The molecule has 2 fully saturated rings. The molecule has 0 aromatic carbocycles. The van der Waals surface area contributed by atoms with Gasteiger partial charge in [0.05, 0.1) is 21.1 Å². The van der Waals surface area contributed by atoms with E-state index in [1.165, 1.54) is 0 Å². The first kappa shape index (κ1) is 15.9. The number of nitrogens with zero attached hydrogens (tertiary/aromatic N) is 1. The molecule has 138 valence electrons.